The molecule has 0 aromatic heterocycles. The van der Waals surface area contributed by atoms with Gasteiger partial charge in [0.05, 0.1) is 0 Å². The highest BCUT2D eigenvalue weighted by molar-refractivity contribution is 7.45. The van der Waals surface area contributed by atoms with Gasteiger partial charge in [-0.3, -0.25) is 0 Å². The Bertz CT molecular complexity index is 209. The van der Waals surface area contributed by atoms with E-state index in [0.717, 1.165) is 0 Å². The Morgan fingerprint density at radius 1 is 1.25 bits per heavy atom. The Morgan fingerprint density at radius 3 is 1.81 bits per heavy atom. The summed E-state index contributed by atoms with van der Waals surface area (Å²) in [7, 11) is -4.64. The number of phosphoric acid groups is 1. The van der Waals surface area contributed by atoms with Gasteiger partial charge in [0, 0.05) is 11.6 Å². The van der Waals surface area contributed by atoms with Crippen LogP contribution in [-0.4, -0.2) is 26.3 Å². The molecule has 0 aliphatic rings. The second-order valence-electron chi connectivity index (χ2n) is 4.48. The predicted octanol–water partition coefficient (Wildman–Crippen LogP) is 2.02. The molecule has 0 radical (unpaired) electrons. The highest BCUT2D eigenvalue weighted by atomic mass is 31.2. The van der Waals surface area contributed by atoms with Crippen molar-refractivity contribution in [2.45, 2.75) is 65.5 Å². The number of nitrogens with one attached hydrogen (secondary N) is 1. The van der Waals surface area contributed by atoms with Crippen molar-refractivity contribution in [3.63, 3.8) is 0 Å². The van der Waals surface area contributed by atoms with Gasteiger partial charge < -0.3 is 20.0 Å². The molecule has 4 N–H and O–H groups in total. The maximum absolute atomic E-state index is 8.88. The number of hydrogen-bond acceptors (Lipinski definition) is 2. The van der Waals surface area contributed by atoms with Gasteiger partial charge in [-0.25, -0.2) is 4.57 Å². The first kappa shape index (κ1) is 18.4. The lowest BCUT2D eigenvalue weighted by molar-refractivity contribution is 0.275. The van der Waals surface area contributed by atoms with Crippen LogP contribution in [0.4, 0.5) is 0 Å². The largest absolute Gasteiger partial charge is 0.466 e. The molecular formula is C10H26NO4P. The summed E-state index contributed by atoms with van der Waals surface area (Å²) in [6, 6.07) is 0.603. The average Bonchev–Trinajstić information content (AvgIpc) is 2.00. The van der Waals surface area contributed by atoms with Crippen LogP contribution in [0.2, 0.25) is 0 Å². The quantitative estimate of drug-likeness (QED) is 0.564. The summed E-state index contributed by atoms with van der Waals surface area (Å²) in [5.41, 5.74) is 0.364. The van der Waals surface area contributed by atoms with Gasteiger partial charge in [-0.2, -0.15) is 0 Å². The number of rotatable bonds is 5. The van der Waals surface area contributed by atoms with Gasteiger partial charge in [0.25, 0.3) is 0 Å². The average molecular weight is 255 g/mol. The molecular weight excluding hydrogens is 229 g/mol. The summed E-state index contributed by atoms with van der Waals surface area (Å²) in [5.74, 6) is 0. The minimum atomic E-state index is -4.64. The summed E-state index contributed by atoms with van der Waals surface area (Å²) in [6.45, 7) is 11.2. The standard InChI is InChI=1S/C10H23N.H3O4P/c1-6-8-10(5,7-2)11-9(3)4;1-5(2,3)4/h9,11H,6-8H2,1-5H3;(H3,1,2,3,4). The lowest BCUT2D eigenvalue weighted by atomic mass is 9.92. The van der Waals surface area contributed by atoms with E-state index < -0.39 is 7.82 Å². The van der Waals surface area contributed by atoms with E-state index in [1.165, 1.54) is 19.3 Å². The van der Waals surface area contributed by atoms with Gasteiger partial charge in [-0.05, 0) is 19.8 Å². The molecule has 6 heteroatoms. The third-order valence-corrected chi connectivity index (χ3v) is 2.22. The minimum absolute atomic E-state index is 0.364. The zero-order valence-corrected chi connectivity index (χ0v) is 11.8. The zero-order chi connectivity index (χ0) is 13.4. The van der Waals surface area contributed by atoms with E-state index in [4.69, 9.17) is 19.2 Å². The van der Waals surface area contributed by atoms with Crippen LogP contribution in [0.5, 0.6) is 0 Å². The first-order chi connectivity index (χ1) is 7.04. The van der Waals surface area contributed by atoms with E-state index in [-0.39, 0.29) is 0 Å². The molecule has 0 amide bonds. The third-order valence-electron chi connectivity index (χ3n) is 2.22. The Labute approximate surface area is 98.5 Å². The van der Waals surface area contributed by atoms with Crippen LogP contribution >= 0.6 is 7.82 Å². The molecule has 0 aliphatic heterocycles. The predicted molar refractivity (Wildman–Crippen MR) is 66.1 cm³/mol. The Morgan fingerprint density at radius 2 is 1.62 bits per heavy atom. The molecule has 0 aromatic rings. The van der Waals surface area contributed by atoms with E-state index in [9.17, 15) is 0 Å². The van der Waals surface area contributed by atoms with Crippen molar-refractivity contribution < 1.29 is 19.2 Å². The molecule has 0 aromatic carbocycles. The van der Waals surface area contributed by atoms with Gasteiger partial charge >= 0.3 is 7.82 Å². The molecule has 1 atom stereocenters. The highest BCUT2D eigenvalue weighted by Gasteiger charge is 2.20. The molecule has 0 fully saturated rings. The third kappa shape index (κ3) is 16.5. The van der Waals surface area contributed by atoms with Crippen molar-refractivity contribution in [1.29, 1.82) is 0 Å². The lowest BCUT2D eigenvalue weighted by Gasteiger charge is -2.31. The molecule has 0 bridgehead atoms. The summed E-state index contributed by atoms with van der Waals surface area (Å²) in [4.78, 5) is 21.6. The van der Waals surface area contributed by atoms with Gasteiger partial charge in [-0.1, -0.05) is 34.1 Å². The highest BCUT2D eigenvalue weighted by Crippen LogP contribution is 2.25. The van der Waals surface area contributed by atoms with E-state index in [2.05, 4.69) is 39.9 Å². The fourth-order valence-corrected chi connectivity index (χ4v) is 1.60. The normalized spacial score (nSPS) is 15.3. The molecule has 0 spiro atoms. The van der Waals surface area contributed by atoms with Crippen molar-refractivity contribution in [1.82, 2.24) is 5.32 Å². The maximum Gasteiger partial charge on any atom is 0.466 e. The van der Waals surface area contributed by atoms with Crippen molar-refractivity contribution >= 4 is 7.82 Å². The van der Waals surface area contributed by atoms with Crippen LogP contribution in [0.25, 0.3) is 0 Å². The Kier molecular flexibility index (Phi) is 9.45. The van der Waals surface area contributed by atoms with Crippen molar-refractivity contribution in [3.05, 3.63) is 0 Å². The van der Waals surface area contributed by atoms with Crippen molar-refractivity contribution in [2.75, 3.05) is 0 Å². The van der Waals surface area contributed by atoms with Gasteiger partial charge in [0.2, 0.25) is 0 Å². The fourth-order valence-electron chi connectivity index (χ4n) is 1.60. The summed E-state index contributed by atoms with van der Waals surface area (Å²) >= 11 is 0. The lowest BCUT2D eigenvalue weighted by Crippen LogP contribution is -2.45. The van der Waals surface area contributed by atoms with Gasteiger partial charge in [0.15, 0.2) is 0 Å². The van der Waals surface area contributed by atoms with Crippen LogP contribution in [0.15, 0.2) is 0 Å². The first-order valence-electron chi connectivity index (χ1n) is 5.60. The van der Waals surface area contributed by atoms with Crippen LogP contribution in [0.1, 0.15) is 53.9 Å². The molecule has 0 saturated carbocycles. The molecule has 0 saturated heterocycles. The molecule has 16 heavy (non-hydrogen) atoms. The SMILES string of the molecule is CCCC(C)(CC)NC(C)C.O=P(O)(O)O. The zero-order valence-electron chi connectivity index (χ0n) is 10.9. The van der Waals surface area contributed by atoms with Crippen LogP contribution in [0.3, 0.4) is 0 Å². The molecule has 100 valence electrons. The Hall–Kier alpha value is 0.0700. The summed E-state index contributed by atoms with van der Waals surface area (Å²) < 4.78 is 8.88. The van der Waals surface area contributed by atoms with Gasteiger partial charge in [0.1, 0.15) is 0 Å². The fraction of sp³-hybridized carbons (Fsp3) is 1.00. The maximum atomic E-state index is 8.88. The van der Waals surface area contributed by atoms with Crippen molar-refractivity contribution in [3.8, 4) is 0 Å². The van der Waals surface area contributed by atoms with Crippen LogP contribution in [0, 0.1) is 0 Å². The van der Waals surface area contributed by atoms with E-state index in [1.807, 2.05) is 0 Å². The van der Waals surface area contributed by atoms with Gasteiger partial charge in [-0.15, -0.1) is 0 Å². The molecule has 5 nitrogen and oxygen atoms in total. The summed E-state index contributed by atoms with van der Waals surface area (Å²) in [5, 5.41) is 3.61. The van der Waals surface area contributed by atoms with Crippen LogP contribution < -0.4 is 5.32 Å². The Balaban J connectivity index is 0. The summed E-state index contributed by atoms with van der Waals surface area (Å²) in [6.07, 6.45) is 3.77. The number of hydrogen-bond donors (Lipinski definition) is 4. The monoisotopic (exact) mass is 255 g/mol. The minimum Gasteiger partial charge on any atom is -0.309 e. The topological polar surface area (TPSA) is 89.8 Å². The second kappa shape index (κ2) is 8.20. The van der Waals surface area contributed by atoms with Crippen LogP contribution in [-0.2, 0) is 4.57 Å². The molecule has 0 aliphatic carbocycles. The van der Waals surface area contributed by atoms with E-state index in [1.54, 1.807) is 0 Å². The van der Waals surface area contributed by atoms with E-state index >= 15 is 0 Å². The van der Waals surface area contributed by atoms with E-state index in [0.29, 0.717) is 11.6 Å². The molecule has 1 unspecified atom stereocenters. The second-order valence-corrected chi connectivity index (χ2v) is 5.50. The van der Waals surface area contributed by atoms with Crippen molar-refractivity contribution in [2.24, 2.45) is 0 Å². The smallest absolute Gasteiger partial charge is 0.309 e. The molecule has 0 heterocycles. The molecule has 0 rings (SSSR count). The first-order valence-corrected chi connectivity index (χ1v) is 7.16.